The highest BCUT2D eigenvalue weighted by Gasteiger charge is 2.65. The van der Waals surface area contributed by atoms with Crippen molar-refractivity contribution < 1.29 is 4.74 Å². The minimum Gasteiger partial charge on any atom is -0.478 e. The highest BCUT2D eigenvalue weighted by molar-refractivity contribution is 8.20. The molecule has 192 valence electrons. The van der Waals surface area contributed by atoms with Gasteiger partial charge in [-0.1, -0.05) is 117 Å². The Bertz CT molecular complexity index is 1650. The molecule has 38 heavy (non-hydrogen) atoms. The lowest BCUT2D eigenvalue weighted by molar-refractivity contribution is 0.279. The van der Waals surface area contributed by atoms with Gasteiger partial charge in [0.05, 0.1) is 11.7 Å². The zero-order valence-corrected chi connectivity index (χ0v) is 24.2. The summed E-state index contributed by atoms with van der Waals surface area (Å²) in [7, 11) is 0. The molecule has 1 fully saturated rings. The summed E-state index contributed by atoms with van der Waals surface area (Å²) in [6, 6.07) is 29.1. The molecule has 5 atom stereocenters. The maximum absolute atomic E-state index is 7.02. The molecule has 1 saturated heterocycles. The number of hydrogen-bond acceptors (Lipinski definition) is 3. The maximum Gasteiger partial charge on any atom is 0.193 e. The number of hydrogen-bond donors (Lipinski definition) is 0. The Morgan fingerprint density at radius 1 is 0.921 bits per heavy atom. The first-order valence-corrected chi connectivity index (χ1v) is 16.9. The van der Waals surface area contributed by atoms with E-state index in [1.807, 2.05) is 0 Å². The summed E-state index contributed by atoms with van der Waals surface area (Å²) >= 11 is 7.02. The minimum absolute atomic E-state index is 0.0310. The molecule has 3 aliphatic rings. The molecule has 2 nitrogen and oxygen atoms in total. The number of rotatable bonds is 4. The predicted octanol–water partition coefficient (Wildman–Crippen LogP) is 8.84. The monoisotopic (exact) mass is 535 g/mol. The first-order valence-electron chi connectivity index (χ1n) is 13.8. The molecule has 7 rings (SSSR count). The molecular weight excluding hydrogens is 501 g/mol. The number of benzene rings is 4. The second-order valence-electron chi connectivity index (χ2n) is 12.0. The summed E-state index contributed by atoms with van der Waals surface area (Å²) in [5.74, 6) is 1.67. The Balaban J connectivity index is 1.54. The van der Waals surface area contributed by atoms with Gasteiger partial charge in [0.15, 0.2) is 5.90 Å². The number of allylic oxidation sites excluding steroid dienone is 1. The number of ether oxygens (including phenoxy) is 1. The van der Waals surface area contributed by atoms with E-state index in [2.05, 4.69) is 113 Å². The van der Waals surface area contributed by atoms with E-state index >= 15 is 0 Å². The third kappa shape index (κ3) is 3.31. The molecule has 0 amide bonds. The molecule has 3 heterocycles. The smallest absolute Gasteiger partial charge is 0.193 e. The predicted molar refractivity (Wildman–Crippen MR) is 166 cm³/mol. The van der Waals surface area contributed by atoms with Gasteiger partial charge in [-0.3, -0.25) is 0 Å². The van der Waals surface area contributed by atoms with Crippen LogP contribution in [0.1, 0.15) is 44.7 Å². The summed E-state index contributed by atoms with van der Waals surface area (Å²) in [5.41, 5.74) is 4.30. The first kappa shape index (κ1) is 24.3. The van der Waals surface area contributed by atoms with E-state index in [0.29, 0.717) is 12.5 Å². The van der Waals surface area contributed by atoms with Crippen LogP contribution in [0.15, 0.2) is 95.5 Å². The van der Waals surface area contributed by atoms with Gasteiger partial charge in [0, 0.05) is 11.3 Å². The van der Waals surface area contributed by atoms with Gasteiger partial charge >= 0.3 is 0 Å². The van der Waals surface area contributed by atoms with Crippen LogP contribution in [0.2, 0.25) is 0 Å². The van der Waals surface area contributed by atoms with Crippen molar-refractivity contribution in [1.29, 1.82) is 0 Å². The van der Waals surface area contributed by atoms with Crippen LogP contribution in [0.4, 0.5) is 0 Å². The summed E-state index contributed by atoms with van der Waals surface area (Å²) in [6.45, 7) is 10.0. The Kier molecular flexibility index (Phi) is 5.52. The zero-order chi connectivity index (χ0) is 26.2. The lowest BCUT2D eigenvalue weighted by atomic mass is 9.68. The summed E-state index contributed by atoms with van der Waals surface area (Å²) in [4.78, 5) is 5.25. The molecule has 0 aliphatic carbocycles. The van der Waals surface area contributed by atoms with E-state index in [1.54, 1.807) is 0 Å². The molecule has 3 aliphatic heterocycles. The molecule has 4 aromatic rings. The van der Waals surface area contributed by atoms with Crippen molar-refractivity contribution in [1.82, 2.24) is 0 Å². The summed E-state index contributed by atoms with van der Waals surface area (Å²) in [6.07, 6.45) is 1.03. The molecule has 0 radical (unpaired) electrons. The Hall–Kier alpha value is -2.74. The number of fused-ring (bicyclic) bond motifs is 4. The van der Waals surface area contributed by atoms with Gasteiger partial charge in [-0.2, -0.15) is 0 Å². The normalized spacial score (nSPS) is 30.4. The Labute approximate surface area is 230 Å². The van der Waals surface area contributed by atoms with Gasteiger partial charge in [-0.15, -0.1) is 0 Å². The van der Waals surface area contributed by atoms with Crippen LogP contribution in [0.3, 0.4) is 0 Å². The standard InChI is InChI=1S/C34H34NOPS/c1-21(2)28-19-36-33(35-28)32-30(23-12-6-5-7-13-23)34(4)20-37(32,38)31(22(34)3)29-26-16-10-8-14-24(26)18-25-15-9-11-17-27(25)29/h5-18,21,28,30,32H,19-20H2,1-4H3/t28-,30+,32+,34+,37-/m1/s1. The van der Waals surface area contributed by atoms with Gasteiger partial charge in [0.2, 0.25) is 0 Å². The van der Waals surface area contributed by atoms with Crippen molar-refractivity contribution in [3.05, 3.63) is 102 Å². The molecular formula is C34H34NOPS. The fourth-order valence-electron chi connectivity index (χ4n) is 7.49. The van der Waals surface area contributed by atoms with Crippen LogP contribution in [-0.2, 0) is 16.5 Å². The third-order valence-electron chi connectivity index (χ3n) is 9.49. The fraction of sp³-hybridized carbons (Fsp3) is 0.324. The SMILES string of the molecule is CC1=C(c2c3ccccc3cc3ccccc23)[P@]2(=S)C[C@]1(C)[C@@H](c1ccccc1)[C@H]2C1=N[C@@H](C(C)C)CO1. The quantitative estimate of drug-likeness (QED) is 0.192. The van der Waals surface area contributed by atoms with Crippen molar-refractivity contribution in [3.8, 4) is 0 Å². The second-order valence-corrected chi connectivity index (χ2v) is 16.8. The van der Waals surface area contributed by atoms with Crippen molar-refractivity contribution in [2.45, 2.75) is 45.3 Å². The van der Waals surface area contributed by atoms with Crippen molar-refractivity contribution in [3.63, 3.8) is 0 Å². The van der Waals surface area contributed by atoms with Gasteiger partial charge in [0.25, 0.3) is 0 Å². The van der Waals surface area contributed by atoms with Gasteiger partial charge in [-0.25, -0.2) is 4.99 Å². The summed E-state index contributed by atoms with van der Waals surface area (Å²) in [5, 5.41) is 6.63. The van der Waals surface area contributed by atoms with E-state index in [9.17, 15) is 0 Å². The Morgan fingerprint density at radius 2 is 1.53 bits per heavy atom. The fourth-order valence-corrected chi connectivity index (χ4v) is 14.6. The van der Waals surface area contributed by atoms with Crippen molar-refractivity contribution >= 4 is 50.6 Å². The molecule has 0 spiro atoms. The van der Waals surface area contributed by atoms with Crippen LogP contribution in [0.25, 0.3) is 26.9 Å². The van der Waals surface area contributed by atoms with E-state index in [-0.39, 0.29) is 23.0 Å². The Morgan fingerprint density at radius 3 is 2.13 bits per heavy atom. The van der Waals surface area contributed by atoms with E-state index in [0.717, 1.165) is 12.1 Å². The van der Waals surface area contributed by atoms with E-state index in [4.69, 9.17) is 21.5 Å². The molecule has 0 N–H and O–H groups in total. The lowest BCUT2D eigenvalue weighted by Crippen LogP contribution is -2.35. The summed E-state index contributed by atoms with van der Waals surface area (Å²) < 4.78 is 6.51. The molecule has 0 aromatic heterocycles. The average molecular weight is 536 g/mol. The molecule has 4 heteroatoms. The van der Waals surface area contributed by atoms with E-state index < -0.39 is 6.04 Å². The topological polar surface area (TPSA) is 21.6 Å². The second kappa shape index (κ2) is 8.63. The minimum atomic E-state index is -2.12. The largest absolute Gasteiger partial charge is 0.478 e. The van der Waals surface area contributed by atoms with Gasteiger partial charge in [-0.05, 0) is 69.1 Å². The third-order valence-corrected chi connectivity index (χ3v) is 15.0. The molecule has 0 saturated carbocycles. The molecule has 0 unspecified atom stereocenters. The highest BCUT2D eigenvalue weighted by atomic mass is 32.4. The van der Waals surface area contributed by atoms with Crippen LogP contribution in [0.5, 0.6) is 0 Å². The van der Waals surface area contributed by atoms with Crippen LogP contribution in [-0.4, -0.2) is 30.4 Å². The zero-order valence-electron chi connectivity index (χ0n) is 22.5. The number of nitrogens with zero attached hydrogens (tertiary/aromatic N) is 1. The van der Waals surface area contributed by atoms with Crippen LogP contribution in [0, 0.1) is 11.3 Å². The van der Waals surface area contributed by atoms with Gasteiger partial charge < -0.3 is 4.74 Å². The van der Waals surface area contributed by atoms with Gasteiger partial charge in [0.1, 0.15) is 6.61 Å². The van der Waals surface area contributed by atoms with E-state index in [1.165, 1.54) is 43.6 Å². The molecule has 4 aromatic carbocycles. The average Bonchev–Trinajstić information content (AvgIpc) is 3.55. The lowest BCUT2D eigenvalue weighted by Gasteiger charge is -2.40. The first-order chi connectivity index (χ1) is 18.3. The number of aliphatic imine (C=N–C) groups is 1. The highest BCUT2D eigenvalue weighted by Crippen LogP contribution is 2.84. The maximum atomic E-state index is 7.02. The van der Waals surface area contributed by atoms with Crippen LogP contribution < -0.4 is 0 Å². The van der Waals surface area contributed by atoms with Crippen molar-refractivity contribution in [2.24, 2.45) is 16.3 Å². The molecule has 2 bridgehead atoms. The van der Waals surface area contributed by atoms with Crippen LogP contribution >= 0.6 is 6.04 Å². The van der Waals surface area contributed by atoms with Crippen molar-refractivity contribution in [2.75, 3.05) is 12.8 Å².